The first-order valence-electron chi connectivity index (χ1n) is 6.34. The average molecular weight is 393 g/mol. The molecule has 0 aliphatic carbocycles. The molecule has 0 spiro atoms. The van der Waals surface area contributed by atoms with Gasteiger partial charge in [0.2, 0.25) is 0 Å². The van der Waals surface area contributed by atoms with Crippen LogP contribution in [0.25, 0.3) is 0 Å². The zero-order valence-corrected chi connectivity index (χ0v) is 14.9. The Bertz CT molecular complexity index is 583. The van der Waals surface area contributed by atoms with Crippen LogP contribution in [0.4, 0.5) is 5.69 Å². The third-order valence-electron chi connectivity index (χ3n) is 2.37. The van der Waals surface area contributed by atoms with Gasteiger partial charge in [0.05, 0.1) is 20.1 Å². The SMILES string of the molecule is CC(=O)Nc1c(O)cccc1[As](=O)(O)O.COCCC(=O)OC. The van der Waals surface area contributed by atoms with Crippen LogP contribution in [0.3, 0.4) is 0 Å². The molecule has 130 valence electrons. The number of amides is 1. The largest absolute Gasteiger partial charge is 0.469 e. The molecule has 0 atom stereocenters. The van der Waals surface area contributed by atoms with Crippen LogP contribution in [-0.2, 0) is 22.8 Å². The summed E-state index contributed by atoms with van der Waals surface area (Å²) in [6.07, 6.45) is 0.340. The Morgan fingerprint density at radius 2 is 1.87 bits per heavy atom. The van der Waals surface area contributed by atoms with Gasteiger partial charge in [-0.2, -0.15) is 0 Å². The topological polar surface area (TPSA) is 142 Å². The predicted octanol–water partition coefficient (Wildman–Crippen LogP) is -0.893. The van der Waals surface area contributed by atoms with Gasteiger partial charge >= 0.3 is 94.1 Å². The Morgan fingerprint density at radius 1 is 1.26 bits per heavy atom. The van der Waals surface area contributed by atoms with E-state index in [9.17, 15) is 18.4 Å². The van der Waals surface area contributed by atoms with Gasteiger partial charge in [0.1, 0.15) is 0 Å². The number of aromatic hydroxyl groups is 1. The molecule has 9 nitrogen and oxygen atoms in total. The number of methoxy groups -OCH3 is 2. The van der Waals surface area contributed by atoms with Crippen LogP contribution in [0.1, 0.15) is 13.3 Å². The maximum Gasteiger partial charge on any atom is 0.307 e. The second-order valence-electron chi connectivity index (χ2n) is 4.22. The molecule has 1 aromatic rings. The van der Waals surface area contributed by atoms with Crippen molar-refractivity contribution in [3.8, 4) is 5.75 Å². The molecular weight excluding hydrogens is 373 g/mol. The Morgan fingerprint density at radius 3 is 2.30 bits per heavy atom. The molecule has 23 heavy (non-hydrogen) atoms. The fraction of sp³-hybridized carbons (Fsp3) is 0.385. The molecule has 1 rings (SSSR count). The van der Waals surface area contributed by atoms with E-state index >= 15 is 0 Å². The van der Waals surface area contributed by atoms with Crippen LogP contribution in [0.15, 0.2) is 18.2 Å². The van der Waals surface area contributed by atoms with E-state index in [1.165, 1.54) is 32.2 Å². The Labute approximate surface area is 136 Å². The molecule has 1 aromatic carbocycles. The van der Waals surface area contributed by atoms with E-state index in [2.05, 4.69) is 14.8 Å². The number of carbonyl (C=O) groups excluding carboxylic acids is 2. The number of esters is 1. The summed E-state index contributed by atoms with van der Waals surface area (Å²) in [6.45, 7) is 1.62. The van der Waals surface area contributed by atoms with Gasteiger partial charge in [0.25, 0.3) is 0 Å². The number of para-hydroxylation sites is 1. The Hall–Kier alpha value is -1.80. The summed E-state index contributed by atoms with van der Waals surface area (Å²) >= 11 is -5.14. The maximum atomic E-state index is 11.1. The first kappa shape index (κ1) is 21.2. The first-order valence-corrected chi connectivity index (χ1v) is 9.73. The van der Waals surface area contributed by atoms with Gasteiger partial charge in [-0.3, -0.25) is 4.79 Å². The summed E-state index contributed by atoms with van der Waals surface area (Å²) in [5, 5.41) is 11.5. The zero-order chi connectivity index (χ0) is 18.0. The summed E-state index contributed by atoms with van der Waals surface area (Å²) in [5.74, 6) is -1.11. The molecule has 0 unspecified atom stereocenters. The summed E-state index contributed by atoms with van der Waals surface area (Å²) < 4.78 is 37.7. The Balaban J connectivity index is 0.000000515. The van der Waals surface area contributed by atoms with E-state index in [1.54, 1.807) is 7.11 Å². The van der Waals surface area contributed by atoms with Gasteiger partial charge < -0.3 is 9.47 Å². The van der Waals surface area contributed by atoms with E-state index in [4.69, 9.17) is 8.19 Å². The quantitative estimate of drug-likeness (QED) is 0.287. The monoisotopic (exact) mass is 393 g/mol. The second-order valence-corrected chi connectivity index (χ2v) is 7.51. The van der Waals surface area contributed by atoms with E-state index in [-0.39, 0.29) is 21.8 Å². The minimum atomic E-state index is -5.14. The molecule has 0 saturated carbocycles. The molecule has 10 heteroatoms. The summed E-state index contributed by atoms with van der Waals surface area (Å²) in [7, 11) is 2.90. The molecule has 1 amide bonds. The fourth-order valence-electron chi connectivity index (χ4n) is 1.36. The van der Waals surface area contributed by atoms with E-state index in [1.807, 2.05) is 0 Å². The van der Waals surface area contributed by atoms with Gasteiger partial charge in [-0.05, 0) is 0 Å². The van der Waals surface area contributed by atoms with Crippen molar-refractivity contribution in [1.82, 2.24) is 0 Å². The van der Waals surface area contributed by atoms with Crippen LogP contribution in [-0.4, -0.2) is 60.2 Å². The van der Waals surface area contributed by atoms with Gasteiger partial charge in [-0.15, -0.1) is 0 Å². The van der Waals surface area contributed by atoms with Crippen molar-refractivity contribution in [1.29, 1.82) is 0 Å². The van der Waals surface area contributed by atoms with E-state index in [0.29, 0.717) is 13.0 Å². The number of phenols is 1. The number of ether oxygens (including phenoxy) is 2. The third kappa shape index (κ3) is 8.41. The summed E-state index contributed by atoms with van der Waals surface area (Å²) in [6, 6.07) is 3.71. The van der Waals surface area contributed by atoms with Gasteiger partial charge in [0.15, 0.2) is 0 Å². The molecular formula is C13H20AsNO8. The number of hydrogen-bond donors (Lipinski definition) is 4. The zero-order valence-electron chi connectivity index (χ0n) is 13.0. The Kier molecular flexibility index (Phi) is 9.28. The maximum absolute atomic E-state index is 11.1. The van der Waals surface area contributed by atoms with Gasteiger partial charge in [0, 0.05) is 7.11 Å². The number of hydrogen-bond acceptors (Lipinski definition) is 6. The molecule has 0 fully saturated rings. The van der Waals surface area contributed by atoms with Crippen molar-refractivity contribution in [2.45, 2.75) is 13.3 Å². The number of nitrogens with one attached hydrogen (secondary N) is 1. The molecule has 0 radical (unpaired) electrons. The van der Waals surface area contributed by atoms with Crippen LogP contribution in [0, 0.1) is 0 Å². The van der Waals surface area contributed by atoms with Crippen molar-refractivity contribution < 1.29 is 36.1 Å². The summed E-state index contributed by atoms with van der Waals surface area (Å²) in [4.78, 5) is 21.0. The third-order valence-corrected chi connectivity index (χ3v) is 4.47. The van der Waals surface area contributed by atoms with Crippen LogP contribution in [0.5, 0.6) is 5.75 Å². The molecule has 0 aromatic heterocycles. The predicted molar refractivity (Wildman–Crippen MR) is 81.4 cm³/mol. The van der Waals surface area contributed by atoms with Crippen LogP contribution < -0.4 is 9.67 Å². The smallest absolute Gasteiger partial charge is 0.307 e. The molecule has 0 heterocycles. The van der Waals surface area contributed by atoms with Gasteiger partial charge in [-0.1, -0.05) is 0 Å². The van der Waals surface area contributed by atoms with E-state index in [0.717, 1.165) is 0 Å². The average Bonchev–Trinajstić information content (AvgIpc) is 2.46. The molecule has 4 N–H and O–H groups in total. The molecule has 0 aliphatic heterocycles. The molecule has 0 bridgehead atoms. The van der Waals surface area contributed by atoms with Crippen molar-refractivity contribution in [2.24, 2.45) is 0 Å². The number of benzene rings is 1. The number of carbonyl (C=O) groups is 2. The van der Waals surface area contributed by atoms with Crippen molar-refractivity contribution in [3.63, 3.8) is 0 Å². The molecule has 0 aliphatic rings. The number of anilines is 1. The van der Waals surface area contributed by atoms with Crippen molar-refractivity contribution >= 4 is 36.1 Å². The van der Waals surface area contributed by atoms with Crippen LogP contribution in [0.2, 0.25) is 0 Å². The molecule has 0 saturated heterocycles. The minimum absolute atomic E-state index is 0.225. The normalized spacial score (nSPS) is 10.3. The van der Waals surface area contributed by atoms with Gasteiger partial charge in [-0.25, -0.2) is 0 Å². The van der Waals surface area contributed by atoms with E-state index < -0.39 is 20.1 Å². The number of rotatable bonds is 5. The standard InChI is InChI=1S/C8H10AsNO5.C5H10O3/c1-5(11)10-8-6(9(13,14)15)3-2-4-7(8)12;1-7-4-3-5(6)8-2/h2-4,12H,1H3,(H,10,11)(H2,13,14,15);3-4H2,1-2H3. The minimum Gasteiger partial charge on any atom is -0.469 e. The van der Waals surface area contributed by atoms with Crippen molar-refractivity contribution in [3.05, 3.63) is 18.2 Å². The number of phenolic OH excluding ortho intramolecular Hbond substituents is 1. The summed E-state index contributed by atoms with van der Waals surface area (Å²) in [5.41, 5.74) is -0.225. The first-order chi connectivity index (χ1) is 10.6. The van der Waals surface area contributed by atoms with Crippen molar-refractivity contribution in [2.75, 3.05) is 26.1 Å². The fourth-order valence-corrected chi connectivity index (χ4v) is 2.92. The second kappa shape index (κ2) is 10.1. The van der Waals surface area contributed by atoms with Crippen LogP contribution >= 0.6 is 0 Å².